The number of piperidine rings is 1. The number of nitrogen functional groups attached to an aromatic ring is 1. The molecule has 1 saturated heterocycles. The van der Waals surface area contributed by atoms with Crippen molar-refractivity contribution in [3.05, 3.63) is 46.5 Å². The predicted octanol–water partition coefficient (Wildman–Crippen LogP) is 5.92. The van der Waals surface area contributed by atoms with Gasteiger partial charge in [0.05, 0.1) is 24.9 Å². The Labute approximate surface area is 214 Å². The van der Waals surface area contributed by atoms with E-state index in [-0.39, 0.29) is 18.8 Å². The molecule has 0 aliphatic carbocycles. The number of methoxy groups -OCH3 is 2. The molecule has 1 fully saturated rings. The van der Waals surface area contributed by atoms with Crippen molar-refractivity contribution >= 4 is 23.1 Å². The van der Waals surface area contributed by atoms with Gasteiger partial charge in [-0.1, -0.05) is 31.4 Å². The molecule has 6 nitrogen and oxygen atoms in total. The van der Waals surface area contributed by atoms with Crippen LogP contribution in [0.1, 0.15) is 56.6 Å². The van der Waals surface area contributed by atoms with Gasteiger partial charge in [0.2, 0.25) is 0 Å². The van der Waals surface area contributed by atoms with Crippen LogP contribution in [-0.2, 0) is 17.8 Å². The third kappa shape index (κ3) is 8.32. The van der Waals surface area contributed by atoms with E-state index in [4.69, 9.17) is 31.5 Å². The van der Waals surface area contributed by atoms with Gasteiger partial charge in [0, 0.05) is 30.5 Å². The first-order valence-electron chi connectivity index (χ1n) is 12.6. The van der Waals surface area contributed by atoms with Crippen LogP contribution in [0.2, 0.25) is 5.02 Å². The highest BCUT2D eigenvalue weighted by Gasteiger charge is 2.19. The van der Waals surface area contributed by atoms with Crippen molar-refractivity contribution in [2.45, 2.75) is 58.5 Å². The Morgan fingerprint density at radius 2 is 1.77 bits per heavy atom. The second kappa shape index (κ2) is 13.6. The Morgan fingerprint density at radius 1 is 1.09 bits per heavy atom. The van der Waals surface area contributed by atoms with Gasteiger partial charge >= 0.3 is 0 Å². The summed E-state index contributed by atoms with van der Waals surface area (Å²) in [5.74, 6) is 3.00. The number of ether oxygens (including phenoxy) is 3. The number of ketones is 1. The Bertz CT molecular complexity index is 951. The Kier molecular flexibility index (Phi) is 10.5. The van der Waals surface area contributed by atoms with Gasteiger partial charge in [0.15, 0.2) is 0 Å². The second-order valence-electron chi connectivity index (χ2n) is 9.38. The standard InChI is InChI=1S/C28H39ClN2O4/c1-4-6-20-8-11-31(12-9-20)10-5-7-23(32)15-22-16-26(29)27(30)18-28(22)35-19-21-13-24(33-2)17-25(14-21)34-3/h13-14,16-18,20H,4-12,15,19,30H2,1-3H3. The van der Waals surface area contributed by atoms with E-state index in [9.17, 15) is 4.79 Å². The molecule has 3 rings (SSSR count). The molecule has 2 aromatic rings. The molecule has 1 aliphatic heterocycles. The first kappa shape index (κ1) is 27.2. The van der Waals surface area contributed by atoms with Gasteiger partial charge in [-0.2, -0.15) is 0 Å². The minimum atomic E-state index is 0.180. The molecule has 2 N–H and O–H groups in total. The van der Waals surface area contributed by atoms with E-state index in [0.29, 0.717) is 34.4 Å². The Hall–Kier alpha value is -2.44. The van der Waals surface area contributed by atoms with Gasteiger partial charge in [-0.3, -0.25) is 4.79 Å². The minimum Gasteiger partial charge on any atom is -0.497 e. The van der Waals surface area contributed by atoms with Crippen molar-refractivity contribution in [1.82, 2.24) is 4.90 Å². The van der Waals surface area contributed by atoms with E-state index in [0.717, 1.165) is 43.1 Å². The van der Waals surface area contributed by atoms with Crippen LogP contribution < -0.4 is 19.9 Å². The number of nitrogens with two attached hydrogens (primary N) is 1. The van der Waals surface area contributed by atoms with Crippen LogP contribution in [0.4, 0.5) is 5.69 Å². The highest BCUT2D eigenvalue weighted by Crippen LogP contribution is 2.31. The van der Waals surface area contributed by atoms with Gasteiger partial charge in [0.25, 0.3) is 0 Å². The predicted molar refractivity (Wildman–Crippen MR) is 142 cm³/mol. The lowest BCUT2D eigenvalue weighted by Crippen LogP contribution is -2.34. The molecule has 35 heavy (non-hydrogen) atoms. The van der Waals surface area contributed by atoms with E-state index < -0.39 is 0 Å². The summed E-state index contributed by atoms with van der Waals surface area (Å²) in [5.41, 5.74) is 8.09. The van der Waals surface area contributed by atoms with Crippen LogP contribution in [0.3, 0.4) is 0 Å². The quantitative estimate of drug-likeness (QED) is 0.342. The highest BCUT2D eigenvalue weighted by molar-refractivity contribution is 6.33. The first-order valence-corrected chi connectivity index (χ1v) is 13.0. The Balaban J connectivity index is 1.55. The van der Waals surface area contributed by atoms with Gasteiger partial charge < -0.3 is 24.8 Å². The third-order valence-electron chi connectivity index (χ3n) is 6.71. The van der Waals surface area contributed by atoms with Crippen molar-refractivity contribution in [1.29, 1.82) is 0 Å². The maximum Gasteiger partial charge on any atom is 0.137 e. The van der Waals surface area contributed by atoms with Gasteiger partial charge in [-0.05, 0) is 68.6 Å². The highest BCUT2D eigenvalue weighted by atomic mass is 35.5. The number of carbonyl (C=O) groups is 1. The second-order valence-corrected chi connectivity index (χ2v) is 9.79. The van der Waals surface area contributed by atoms with Crippen LogP contribution in [0.15, 0.2) is 30.3 Å². The number of anilines is 1. The molecule has 0 atom stereocenters. The van der Waals surface area contributed by atoms with Crippen LogP contribution in [0.25, 0.3) is 0 Å². The summed E-state index contributed by atoms with van der Waals surface area (Å²) in [5, 5.41) is 0.429. The van der Waals surface area contributed by atoms with Gasteiger partial charge in [-0.25, -0.2) is 0 Å². The van der Waals surface area contributed by atoms with E-state index in [1.165, 1.54) is 25.7 Å². The molecule has 192 valence electrons. The molecule has 7 heteroatoms. The molecule has 0 amide bonds. The maximum absolute atomic E-state index is 12.8. The molecular formula is C28H39ClN2O4. The van der Waals surface area contributed by atoms with E-state index in [1.807, 2.05) is 12.1 Å². The number of hydrogen-bond donors (Lipinski definition) is 1. The van der Waals surface area contributed by atoms with E-state index >= 15 is 0 Å². The zero-order valence-electron chi connectivity index (χ0n) is 21.3. The number of halogens is 1. The topological polar surface area (TPSA) is 74.0 Å². The molecule has 1 heterocycles. The number of Topliss-reactive ketones (excluding diaryl/α,β-unsaturated/α-hetero) is 1. The summed E-state index contributed by atoms with van der Waals surface area (Å²) in [6, 6.07) is 9.02. The van der Waals surface area contributed by atoms with Crippen molar-refractivity contribution in [3.8, 4) is 17.2 Å². The molecule has 0 aromatic heterocycles. The summed E-state index contributed by atoms with van der Waals surface area (Å²) < 4.78 is 16.8. The lowest BCUT2D eigenvalue weighted by atomic mass is 9.92. The van der Waals surface area contributed by atoms with E-state index in [2.05, 4.69) is 11.8 Å². The Morgan fingerprint density at radius 3 is 2.40 bits per heavy atom. The van der Waals surface area contributed by atoms with Crippen molar-refractivity contribution in [2.75, 3.05) is 39.6 Å². The number of rotatable bonds is 13. The monoisotopic (exact) mass is 502 g/mol. The average molecular weight is 503 g/mol. The summed E-state index contributed by atoms with van der Waals surface area (Å²) >= 11 is 6.27. The fourth-order valence-electron chi connectivity index (χ4n) is 4.70. The fraction of sp³-hybridized carbons (Fsp3) is 0.536. The van der Waals surface area contributed by atoms with Crippen LogP contribution >= 0.6 is 11.6 Å². The van der Waals surface area contributed by atoms with Crippen LogP contribution in [0, 0.1) is 5.92 Å². The SMILES string of the molecule is CCCC1CCN(CCCC(=O)Cc2cc(Cl)c(N)cc2OCc2cc(OC)cc(OC)c2)CC1. The molecule has 2 aromatic carbocycles. The van der Waals surface area contributed by atoms with Crippen LogP contribution in [-0.4, -0.2) is 44.5 Å². The summed E-state index contributed by atoms with van der Waals surface area (Å²) in [6.45, 7) is 5.83. The minimum absolute atomic E-state index is 0.180. The molecule has 0 spiro atoms. The zero-order chi connectivity index (χ0) is 25.2. The zero-order valence-corrected chi connectivity index (χ0v) is 22.0. The van der Waals surface area contributed by atoms with Crippen molar-refractivity contribution in [2.24, 2.45) is 5.92 Å². The number of carbonyl (C=O) groups excluding carboxylic acids is 1. The summed E-state index contributed by atoms with van der Waals surface area (Å²) in [6.07, 6.45) is 6.87. The maximum atomic E-state index is 12.8. The summed E-state index contributed by atoms with van der Waals surface area (Å²) in [4.78, 5) is 15.3. The smallest absolute Gasteiger partial charge is 0.137 e. The fourth-order valence-corrected chi connectivity index (χ4v) is 4.89. The first-order chi connectivity index (χ1) is 16.9. The molecule has 0 bridgehead atoms. The van der Waals surface area contributed by atoms with Crippen molar-refractivity contribution < 1.29 is 19.0 Å². The lowest BCUT2D eigenvalue weighted by molar-refractivity contribution is -0.118. The molecular weight excluding hydrogens is 464 g/mol. The van der Waals surface area contributed by atoms with Crippen molar-refractivity contribution in [3.63, 3.8) is 0 Å². The lowest BCUT2D eigenvalue weighted by Gasteiger charge is -2.31. The van der Waals surface area contributed by atoms with Gasteiger partial charge in [0.1, 0.15) is 29.6 Å². The number of benzene rings is 2. The summed E-state index contributed by atoms with van der Waals surface area (Å²) in [7, 11) is 3.22. The molecule has 0 saturated carbocycles. The number of hydrogen-bond acceptors (Lipinski definition) is 6. The number of likely N-dealkylation sites (tertiary alicyclic amines) is 1. The molecule has 1 aliphatic rings. The van der Waals surface area contributed by atoms with Crippen LogP contribution in [0.5, 0.6) is 17.2 Å². The third-order valence-corrected chi connectivity index (χ3v) is 7.03. The molecule has 0 radical (unpaired) electrons. The van der Waals surface area contributed by atoms with E-state index in [1.54, 1.807) is 32.4 Å². The molecule has 0 unspecified atom stereocenters. The largest absolute Gasteiger partial charge is 0.497 e. The normalized spacial score (nSPS) is 14.6. The number of nitrogens with zero attached hydrogens (tertiary/aromatic N) is 1. The average Bonchev–Trinajstić information content (AvgIpc) is 2.86. The van der Waals surface area contributed by atoms with Gasteiger partial charge in [-0.15, -0.1) is 0 Å².